The molecule has 0 bridgehead atoms. The van der Waals surface area contributed by atoms with Gasteiger partial charge in [-0.15, -0.1) is 0 Å². The van der Waals surface area contributed by atoms with E-state index in [2.05, 4.69) is 5.32 Å². The van der Waals surface area contributed by atoms with E-state index in [-0.39, 0.29) is 39.8 Å². The van der Waals surface area contributed by atoms with Gasteiger partial charge in [0.2, 0.25) is 15.9 Å². The van der Waals surface area contributed by atoms with Gasteiger partial charge in [-0.2, -0.15) is 10.5 Å². The molecule has 0 aliphatic heterocycles. The third-order valence-corrected chi connectivity index (χ3v) is 6.81. The molecule has 0 radical (unpaired) electrons. The van der Waals surface area contributed by atoms with Crippen LogP contribution >= 0.6 is 11.6 Å². The first kappa shape index (κ1) is 24.7. The van der Waals surface area contributed by atoms with Crippen LogP contribution in [0.5, 0.6) is 11.5 Å². The Morgan fingerprint density at radius 3 is 2.18 bits per heavy atom. The number of nitrogens with one attached hydrogen (secondary N) is 1. The van der Waals surface area contributed by atoms with E-state index in [4.69, 9.17) is 26.9 Å². The maximum absolute atomic E-state index is 12.5. The number of amides is 1. The van der Waals surface area contributed by atoms with Crippen molar-refractivity contribution in [3.8, 4) is 23.6 Å². The molecule has 0 aliphatic carbocycles. The van der Waals surface area contributed by atoms with Crippen molar-refractivity contribution in [2.75, 3.05) is 19.4 Å². The number of rotatable bonds is 7. The van der Waals surface area contributed by atoms with E-state index in [1.807, 2.05) is 12.1 Å². The van der Waals surface area contributed by atoms with E-state index in [0.717, 1.165) is 4.31 Å². The van der Waals surface area contributed by atoms with Crippen LogP contribution in [-0.2, 0) is 21.2 Å². The zero-order valence-corrected chi connectivity index (χ0v) is 19.8. The minimum Gasteiger partial charge on any atom is -0.456 e. The lowest BCUT2D eigenvalue weighted by molar-refractivity contribution is -0.115. The number of sulfonamides is 1. The molecule has 172 valence electrons. The minimum atomic E-state index is -3.56. The summed E-state index contributed by atoms with van der Waals surface area (Å²) in [4.78, 5) is 12.6. The first-order valence-corrected chi connectivity index (χ1v) is 11.7. The lowest BCUT2D eigenvalue weighted by atomic mass is 10.1. The Hall–Kier alpha value is -3.89. The molecule has 1 N–H and O–H groups in total. The number of anilines is 1. The second kappa shape index (κ2) is 10.4. The fourth-order valence-corrected chi connectivity index (χ4v) is 4.02. The van der Waals surface area contributed by atoms with Gasteiger partial charge in [-0.3, -0.25) is 4.79 Å². The quantitative estimate of drug-likeness (QED) is 0.522. The molecule has 0 aliphatic rings. The summed E-state index contributed by atoms with van der Waals surface area (Å²) < 4.78 is 31.2. The van der Waals surface area contributed by atoms with Crippen LogP contribution in [0.15, 0.2) is 65.6 Å². The Bertz CT molecular complexity index is 1390. The molecule has 0 spiro atoms. The van der Waals surface area contributed by atoms with E-state index in [0.29, 0.717) is 16.3 Å². The van der Waals surface area contributed by atoms with Crippen molar-refractivity contribution in [3.05, 3.63) is 82.4 Å². The predicted octanol–water partition coefficient (Wildman–Crippen LogP) is 4.31. The largest absolute Gasteiger partial charge is 0.456 e. The first-order valence-electron chi connectivity index (χ1n) is 9.86. The summed E-state index contributed by atoms with van der Waals surface area (Å²) in [6.45, 7) is 0. The average molecular weight is 495 g/mol. The fraction of sp³-hybridized carbons (Fsp3) is 0.125. The van der Waals surface area contributed by atoms with E-state index >= 15 is 0 Å². The lowest BCUT2D eigenvalue weighted by Crippen LogP contribution is -2.22. The van der Waals surface area contributed by atoms with Crippen molar-refractivity contribution >= 4 is 33.2 Å². The summed E-state index contributed by atoms with van der Waals surface area (Å²) in [5.41, 5.74) is 1.60. The second-order valence-corrected chi connectivity index (χ2v) is 9.93. The molecule has 0 saturated carbocycles. The average Bonchev–Trinajstić information content (AvgIpc) is 2.81. The molecule has 0 aromatic heterocycles. The number of carbonyl (C=O) groups excluding carboxylic acids is 1. The second-order valence-electron chi connectivity index (χ2n) is 7.37. The first-order chi connectivity index (χ1) is 16.1. The van der Waals surface area contributed by atoms with Crippen molar-refractivity contribution in [3.63, 3.8) is 0 Å². The zero-order chi connectivity index (χ0) is 24.9. The van der Waals surface area contributed by atoms with Gasteiger partial charge < -0.3 is 10.1 Å². The molecule has 0 saturated heterocycles. The summed E-state index contributed by atoms with van der Waals surface area (Å²) in [5, 5.41) is 21.3. The molecule has 3 rings (SSSR count). The van der Waals surface area contributed by atoms with Crippen molar-refractivity contribution in [1.29, 1.82) is 10.5 Å². The highest BCUT2D eigenvalue weighted by atomic mass is 35.5. The molecule has 0 unspecified atom stereocenters. The van der Waals surface area contributed by atoms with E-state index in [1.165, 1.54) is 56.6 Å². The number of nitrogens with zero attached hydrogens (tertiary/aromatic N) is 3. The molecule has 0 atom stereocenters. The number of nitriles is 2. The Balaban J connectivity index is 1.73. The van der Waals surface area contributed by atoms with E-state index in [1.54, 1.807) is 18.2 Å². The summed E-state index contributed by atoms with van der Waals surface area (Å²) in [6, 6.07) is 19.1. The van der Waals surface area contributed by atoms with Gasteiger partial charge in [0.25, 0.3) is 0 Å². The number of carbonyl (C=O) groups is 1. The molecular formula is C24H19ClN4O4S. The fourth-order valence-electron chi connectivity index (χ4n) is 2.96. The Morgan fingerprint density at radius 2 is 1.62 bits per heavy atom. The number of hydrogen-bond donors (Lipinski definition) is 1. The molecule has 8 nitrogen and oxygen atoms in total. The van der Waals surface area contributed by atoms with Gasteiger partial charge in [-0.25, -0.2) is 12.7 Å². The van der Waals surface area contributed by atoms with E-state index in [9.17, 15) is 13.2 Å². The maximum Gasteiger partial charge on any atom is 0.242 e. The Labute approximate surface area is 202 Å². The van der Waals surface area contributed by atoms with Gasteiger partial charge in [0.05, 0.1) is 39.6 Å². The SMILES string of the molecule is CN(C)S(=O)(=O)c1ccc(NC(=O)Cc2ccc(Cl)c(Oc3cc(C#N)cc(C#N)c3)c2)cc1. The number of ether oxygens (including phenoxy) is 1. The highest BCUT2D eigenvalue weighted by Crippen LogP contribution is 2.31. The smallest absolute Gasteiger partial charge is 0.242 e. The molecule has 0 fully saturated rings. The van der Waals surface area contributed by atoms with Crippen LogP contribution in [0.25, 0.3) is 0 Å². The van der Waals surface area contributed by atoms with Gasteiger partial charge in [-0.05, 0) is 60.2 Å². The van der Waals surface area contributed by atoms with Crippen molar-refractivity contribution in [1.82, 2.24) is 4.31 Å². The van der Waals surface area contributed by atoms with E-state index < -0.39 is 10.0 Å². The van der Waals surface area contributed by atoms with Crippen molar-refractivity contribution in [2.24, 2.45) is 0 Å². The monoisotopic (exact) mass is 494 g/mol. The highest BCUT2D eigenvalue weighted by molar-refractivity contribution is 7.89. The molecular weight excluding hydrogens is 476 g/mol. The van der Waals surface area contributed by atoms with Crippen molar-refractivity contribution < 1.29 is 17.9 Å². The van der Waals surface area contributed by atoms with Crippen LogP contribution < -0.4 is 10.1 Å². The summed E-state index contributed by atoms with van der Waals surface area (Å²) >= 11 is 6.23. The topological polar surface area (TPSA) is 123 Å². The maximum atomic E-state index is 12.5. The van der Waals surface area contributed by atoms with Crippen LogP contribution in [0, 0.1) is 22.7 Å². The van der Waals surface area contributed by atoms with Gasteiger partial charge in [0, 0.05) is 19.8 Å². The molecule has 0 heterocycles. The lowest BCUT2D eigenvalue weighted by Gasteiger charge is -2.12. The summed E-state index contributed by atoms with van der Waals surface area (Å²) in [5.74, 6) is 0.214. The summed E-state index contributed by atoms with van der Waals surface area (Å²) in [7, 11) is -0.671. The predicted molar refractivity (Wildman–Crippen MR) is 127 cm³/mol. The standard InChI is InChI=1S/C24H19ClN4O4S/c1-29(2)34(31,32)21-6-4-19(5-7-21)28-24(30)13-16-3-8-22(25)23(12-16)33-20-10-17(14-26)9-18(11-20)15-27/h3-12H,13H2,1-2H3,(H,28,30). The highest BCUT2D eigenvalue weighted by Gasteiger charge is 2.17. The van der Waals surface area contributed by atoms with Crippen LogP contribution in [0.3, 0.4) is 0 Å². The molecule has 1 amide bonds. The molecule has 3 aromatic carbocycles. The number of hydrogen-bond acceptors (Lipinski definition) is 6. The van der Waals surface area contributed by atoms with Gasteiger partial charge >= 0.3 is 0 Å². The Morgan fingerprint density at radius 1 is 1.00 bits per heavy atom. The van der Waals surface area contributed by atoms with Crippen LogP contribution in [0.1, 0.15) is 16.7 Å². The molecule has 3 aromatic rings. The third kappa shape index (κ3) is 5.91. The minimum absolute atomic E-state index is 0.00690. The normalized spacial score (nSPS) is 10.9. The van der Waals surface area contributed by atoms with Gasteiger partial charge in [0.15, 0.2) is 0 Å². The Kier molecular flexibility index (Phi) is 7.54. The summed E-state index contributed by atoms with van der Waals surface area (Å²) in [6.07, 6.45) is 0.00690. The van der Waals surface area contributed by atoms with Crippen LogP contribution in [-0.4, -0.2) is 32.7 Å². The zero-order valence-electron chi connectivity index (χ0n) is 18.2. The molecule has 10 heteroatoms. The van der Waals surface area contributed by atoms with Crippen LogP contribution in [0.2, 0.25) is 5.02 Å². The van der Waals surface area contributed by atoms with Gasteiger partial charge in [-0.1, -0.05) is 17.7 Å². The molecule has 34 heavy (non-hydrogen) atoms. The third-order valence-electron chi connectivity index (χ3n) is 4.67. The van der Waals surface area contributed by atoms with Crippen molar-refractivity contribution in [2.45, 2.75) is 11.3 Å². The number of halogens is 1. The van der Waals surface area contributed by atoms with Crippen LogP contribution in [0.4, 0.5) is 5.69 Å². The van der Waals surface area contributed by atoms with Gasteiger partial charge in [0.1, 0.15) is 11.5 Å². The number of benzene rings is 3.